The van der Waals surface area contributed by atoms with Gasteiger partial charge < -0.3 is 10.1 Å². The maximum absolute atomic E-state index is 13.2. The minimum atomic E-state index is -0.408. The summed E-state index contributed by atoms with van der Waals surface area (Å²) in [4.78, 5) is 0. The fraction of sp³-hybridized carbons (Fsp3) is 0.538. The van der Waals surface area contributed by atoms with Crippen LogP contribution in [0.25, 0.3) is 0 Å². The smallest absolute Gasteiger partial charge is 0.143 e. The molecule has 2 nitrogen and oxygen atoms in total. The van der Waals surface area contributed by atoms with Crippen molar-refractivity contribution < 1.29 is 9.13 Å². The lowest BCUT2D eigenvalue weighted by Crippen LogP contribution is -2.31. The lowest BCUT2D eigenvalue weighted by Gasteiger charge is -2.27. The monoisotopic (exact) mass is 259 g/mol. The van der Waals surface area contributed by atoms with Crippen molar-refractivity contribution in [2.24, 2.45) is 0 Å². The molecule has 4 heteroatoms. The minimum absolute atomic E-state index is 0.139. The highest BCUT2D eigenvalue weighted by Crippen LogP contribution is 2.22. The van der Waals surface area contributed by atoms with Crippen molar-refractivity contribution in [2.75, 3.05) is 12.4 Å². The third-order valence-corrected chi connectivity index (χ3v) is 2.99. The molecule has 0 aliphatic heterocycles. The zero-order valence-electron chi connectivity index (χ0n) is 10.7. The van der Waals surface area contributed by atoms with Gasteiger partial charge in [0, 0.05) is 18.8 Å². The maximum atomic E-state index is 13.2. The van der Waals surface area contributed by atoms with Crippen LogP contribution in [0.2, 0.25) is 5.02 Å². The Morgan fingerprint density at radius 1 is 1.47 bits per heavy atom. The largest absolute Gasteiger partial charge is 0.382 e. The highest BCUT2D eigenvalue weighted by atomic mass is 35.5. The predicted octanol–water partition coefficient (Wildman–Crippen LogP) is 4.09. The molecule has 0 aliphatic rings. The highest BCUT2D eigenvalue weighted by molar-refractivity contribution is 6.30. The second-order valence-electron chi connectivity index (χ2n) is 4.84. The number of anilines is 1. The van der Waals surface area contributed by atoms with Crippen molar-refractivity contribution in [1.29, 1.82) is 0 Å². The average Bonchev–Trinajstić information content (AvgIpc) is 2.23. The number of halogens is 2. The van der Waals surface area contributed by atoms with Crippen LogP contribution in [0.1, 0.15) is 27.2 Å². The Kier molecular flexibility index (Phi) is 4.78. The van der Waals surface area contributed by atoms with Gasteiger partial charge in [0.25, 0.3) is 0 Å². The molecule has 0 spiro atoms. The van der Waals surface area contributed by atoms with Crippen LogP contribution in [0.5, 0.6) is 0 Å². The SMILES string of the molecule is COC(C)(C)CC(C)Nc1ccc(Cl)c(F)c1. The maximum Gasteiger partial charge on any atom is 0.143 e. The van der Waals surface area contributed by atoms with Crippen LogP contribution in [0.3, 0.4) is 0 Å². The minimum Gasteiger partial charge on any atom is -0.382 e. The molecule has 1 rings (SSSR count). The van der Waals surface area contributed by atoms with Crippen molar-refractivity contribution in [3.8, 4) is 0 Å². The third-order valence-electron chi connectivity index (χ3n) is 2.68. The molecule has 0 saturated carbocycles. The molecule has 1 atom stereocenters. The predicted molar refractivity (Wildman–Crippen MR) is 70.2 cm³/mol. The van der Waals surface area contributed by atoms with E-state index < -0.39 is 5.82 Å². The summed E-state index contributed by atoms with van der Waals surface area (Å²) < 4.78 is 18.6. The second kappa shape index (κ2) is 5.69. The molecule has 1 aromatic rings. The number of nitrogens with one attached hydrogen (secondary N) is 1. The summed E-state index contributed by atoms with van der Waals surface area (Å²) in [5.41, 5.74) is 0.531. The van der Waals surface area contributed by atoms with E-state index in [1.807, 2.05) is 20.8 Å². The van der Waals surface area contributed by atoms with Crippen molar-refractivity contribution in [2.45, 2.75) is 38.8 Å². The van der Waals surface area contributed by atoms with E-state index in [-0.39, 0.29) is 16.7 Å². The van der Waals surface area contributed by atoms with E-state index in [1.165, 1.54) is 6.07 Å². The molecular formula is C13H19ClFNO. The molecule has 1 aromatic carbocycles. The lowest BCUT2D eigenvalue weighted by molar-refractivity contribution is 0.0128. The summed E-state index contributed by atoms with van der Waals surface area (Å²) in [7, 11) is 1.69. The van der Waals surface area contributed by atoms with E-state index in [9.17, 15) is 4.39 Å². The topological polar surface area (TPSA) is 21.3 Å². The van der Waals surface area contributed by atoms with Crippen LogP contribution in [-0.2, 0) is 4.74 Å². The number of hydrogen-bond donors (Lipinski definition) is 1. The van der Waals surface area contributed by atoms with Gasteiger partial charge in [-0.15, -0.1) is 0 Å². The van der Waals surface area contributed by atoms with Crippen LogP contribution >= 0.6 is 11.6 Å². The Bertz CT molecular complexity index is 382. The van der Waals surface area contributed by atoms with E-state index >= 15 is 0 Å². The van der Waals surface area contributed by atoms with Gasteiger partial charge in [-0.05, 0) is 45.4 Å². The number of rotatable bonds is 5. The normalized spacial score (nSPS) is 13.5. The van der Waals surface area contributed by atoms with Crippen LogP contribution < -0.4 is 5.32 Å². The second-order valence-corrected chi connectivity index (χ2v) is 5.25. The first-order chi connectivity index (χ1) is 7.84. The molecule has 0 bridgehead atoms. The zero-order chi connectivity index (χ0) is 13.1. The van der Waals surface area contributed by atoms with E-state index in [1.54, 1.807) is 19.2 Å². The fourth-order valence-corrected chi connectivity index (χ4v) is 1.86. The lowest BCUT2D eigenvalue weighted by atomic mass is 10.00. The van der Waals surface area contributed by atoms with Crippen molar-refractivity contribution in [3.63, 3.8) is 0 Å². The molecule has 96 valence electrons. The van der Waals surface area contributed by atoms with Gasteiger partial charge in [0.1, 0.15) is 5.82 Å². The van der Waals surface area contributed by atoms with Crippen LogP contribution in [0.15, 0.2) is 18.2 Å². The van der Waals surface area contributed by atoms with Gasteiger partial charge in [0.2, 0.25) is 0 Å². The molecule has 0 aromatic heterocycles. The highest BCUT2D eigenvalue weighted by Gasteiger charge is 2.20. The number of methoxy groups -OCH3 is 1. The summed E-state index contributed by atoms with van der Waals surface area (Å²) in [6.45, 7) is 6.08. The van der Waals surface area contributed by atoms with E-state index in [0.29, 0.717) is 0 Å². The Balaban J connectivity index is 2.62. The molecule has 0 fully saturated rings. The van der Waals surface area contributed by atoms with Crippen LogP contribution in [0, 0.1) is 5.82 Å². The number of hydrogen-bond acceptors (Lipinski definition) is 2. The number of benzene rings is 1. The first kappa shape index (κ1) is 14.3. The van der Waals surface area contributed by atoms with Gasteiger partial charge in [0.15, 0.2) is 0 Å². The standard InChI is InChI=1S/C13H19ClFNO/c1-9(8-13(2,3)17-4)16-10-5-6-11(14)12(15)7-10/h5-7,9,16H,8H2,1-4H3. The van der Waals surface area contributed by atoms with Gasteiger partial charge in [0.05, 0.1) is 10.6 Å². The zero-order valence-corrected chi connectivity index (χ0v) is 11.4. The Hall–Kier alpha value is -0.800. The molecule has 1 unspecified atom stereocenters. The number of ether oxygens (including phenoxy) is 1. The Morgan fingerprint density at radius 2 is 2.12 bits per heavy atom. The molecule has 0 heterocycles. The van der Waals surface area contributed by atoms with Crippen molar-refractivity contribution >= 4 is 17.3 Å². The quantitative estimate of drug-likeness (QED) is 0.860. The van der Waals surface area contributed by atoms with Crippen molar-refractivity contribution in [1.82, 2.24) is 0 Å². The summed E-state index contributed by atoms with van der Waals surface area (Å²) in [5.74, 6) is -0.408. The molecule has 0 saturated heterocycles. The first-order valence-corrected chi connectivity index (χ1v) is 5.98. The fourth-order valence-electron chi connectivity index (χ4n) is 1.74. The van der Waals surface area contributed by atoms with E-state index in [2.05, 4.69) is 5.32 Å². The van der Waals surface area contributed by atoms with Gasteiger partial charge in [-0.3, -0.25) is 0 Å². The van der Waals surface area contributed by atoms with Gasteiger partial charge in [-0.2, -0.15) is 0 Å². The Morgan fingerprint density at radius 3 is 2.65 bits per heavy atom. The molecular weight excluding hydrogens is 241 g/mol. The summed E-state index contributed by atoms with van der Waals surface area (Å²) >= 11 is 5.62. The summed E-state index contributed by atoms with van der Waals surface area (Å²) in [5, 5.41) is 3.36. The molecule has 17 heavy (non-hydrogen) atoms. The third kappa shape index (κ3) is 4.52. The van der Waals surface area contributed by atoms with Crippen molar-refractivity contribution in [3.05, 3.63) is 29.0 Å². The Labute approximate surface area is 107 Å². The molecule has 0 aliphatic carbocycles. The summed E-state index contributed by atoms with van der Waals surface area (Å²) in [6.07, 6.45) is 0.827. The van der Waals surface area contributed by atoms with Gasteiger partial charge >= 0.3 is 0 Å². The van der Waals surface area contributed by atoms with E-state index in [0.717, 1.165) is 12.1 Å². The summed E-state index contributed by atoms with van der Waals surface area (Å²) in [6, 6.07) is 4.90. The van der Waals surface area contributed by atoms with Crippen LogP contribution in [-0.4, -0.2) is 18.8 Å². The van der Waals surface area contributed by atoms with Crippen LogP contribution in [0.4, 0.5) is 10.1 Å². The average molecular weight is 260 g/mol. The first-order valence-electron chi connectivity index (χ1n) is 5.61. The molecule has 0 radical (unpaired) electrons. The van der Waals surface area contributed by atoms with Gasteiger partial charge in [-0.1, -0.05) is 11.6 Å². The molecule has 0 amide bonds. The van der Waals surface area contributed by atoms with E-state index in [4.69, 9.17) is 16.3 Å². The van der Waals surface area contributed by atoms with Gasteiger partial charge in [-0.25, -0.2) is 4.39 Å². The molecule has 1 N–H and O–H groups in total.